The zero-order valence-corrected chi connectivity index (χ0v) is 10.6. The Morgan fingerprint density at radius 3 is 3.17 bits per heavy atom. The Labute approximate surface area is 108 Å². The van der Waals surface area contributed by atoms with Gasteiger partial charge in [-0.3, -0.25) is 4.68 Å². The monoisotopic (exact) mass is 264 g/mol. The van der Waals surface area contributed by atoms with Crippen molar-refractivity contribution in [2.45, 2.75) is 6.54 Å². The summed E-state index contributed by atoms with van der Waals surface area (Å²) in [7, 11) is 1.59. The van der Waals surface area contributed by atoms with Crippen molar-refractivity contribution in [2.75, 3.05) is 7.11 Å². The molecule has 0 amide bonds. The fourth-order valence-electron chi connectivity index (χ4n) is 1.47. The van der Waals surface area contributed by atoms with Crippen molar-refractivity contribution < 1.29 is 14.6 Å². The standard InChI is InChI=1S/C12H12N2O3S/c1-17-10-6-13-14(7-10)8-11-9(4-5-18-11)2-3-12(15)16/h2-7H,8H2,1H3,(H,15,16)/b3-2+. The molecule has 6 heteroatoms. The van der Waals surface area contributed by atoms with Crippen molar-refractivity contribution in [1.82, 2.24) is 9.78 Å². The lowest BCUT2D eigenvalue weighted by molar-refractivity contribution is -0.131. The molecule has 0 fully saturated rings. The Kier molecular flexibility index (Phi) is 3.78. The van der Waals surface area contributed by atoms with Crippen molar-refractivity contribution in [3.8, 4) is 5.75 Å². The number of hydrogen-bond acceptors (Lipinski definition) is 4. The minimum atomic E-state index is -0.951. The van der Waals surface area contributed by atoms with Crippen LogP contribution in [0.15, 0.2) is 29.9 Å². The lowest BCUT2D eigenvalue weighted by atomic mass is 10.2. The van der Waals surface area contributed by atoms with E-state index >= 15 is 0 Å². The number of methoxy groups -OCH3 is 1. The molecule has 1 N–H and O–H groups in total. The number of nitrogens with zero attached hydrogens (tertiary/aromatic N) is 2. The summed E-state index contributed by atoms with van der Waals surface area (Å²) >= 11 is 1.57. The number of ether oxygens (including phenoxy) is 1. The van der Waals surface area contributed by atoms with Crippen LogP contribution in [0.4, 0.5) is 0 Å². The van der Waals surface area contributed by atoms with Crippen LogP contribution in [-0.2, 0) is 11.3 Å². The quantitative estimate of drug-likeness (QED) is 0.840. The van der Waals surface area contributed by atoms with Crippen molar-refractivity contribution in [2.24, 2.45) is 0 Å². The number of carboxylic acids is 1. The van der Waals surface area contributed by atoms with Gasteiger partial charge in [-0.05, 0) is 23.1 Å². The molecule has 0 aliphatic rings. The second-order valence-electron chi connectivity index (χ2n) is 3.55. The number of aliphatic carboxylic acids is 1. The van der Waals surface area contributed by atoms with Crippen molar-refractivity contribution >= 4 is 23.4 Å². The predicted molar refractivity (Wildman–Crippen MR) is 68.9 cm³/mol. The van der Waals surface area contributed by atoms with Gasteiger partial charge in [-0.2, -0.15) is 5.10 Å². The number of carbonyl (C=O) groups is 1. The van der Waals surface area contributed by atoms with Crippen LogP contribution in [0, 0.1) is 0 Å². The molecule has 0 aliphatic heterocycles. The highest BCUT2D eigenvalue weighted by atomic mass is 32.1. The van der Waals surface area contributed by atoms with Crippen LogP contribution in [-0.4, -0.2) is 28.0 Å². The summed E-state index contributed by atoms with van der Waals surface area (Å²) in [6, 6.07) is 1.89. The summed E-state index contributed by atoms with van der Waals surface area (Å²) in [5.74, 6) is -0.248. The first-order valence-corrected chi connectivity index (χ1v) is 6.11. The molecule has 0 radical (unpaired) electrons. The Balaban J connectivity index is 2.14. The lowest BCUT2D eigenvalue weighted by Gasteiger charge is -2.00. The molecule has 0 aromatic carbocycles. The zero-order chi connectivity index (χ0) is 13.0. The minimum Gasteiger partial charge on any atom is -0.493 e. The molecule has 18 heavy (non-hydrogen) atoms. The van der Waals surface area contributed by atoms with E-state index in [9.17, 15) is 4.79 Å². The van der Waals surface area contributed by atoms with Gasteiger partial charge in [0.25, 0.3) is 0 Å². The SMILES string of the molecule is COc1cnn(Cc2sccc2/C=C/C(=O)O)c1. The van der Waals surface area contributed by atoms with Crippen LogP contribution >= 0.6 is 11.3 Å². The van der Waals surface area contributed by atoms with E-state index in [0.717, 1.165) is 16.5 Å². The van der Waals surface area contributed by atoms with Crippen molar-refractivity contribution in [1.29, 1.82) is 0 Å². The van der Waals surface area contributed by atoms with E-state index in [1.54, 1.807) is 41.6 Å². The van der Waals surface area contributed by atoms with E-state index in [2.05, 4.69) is 5.10 Å². The molecule has 0 unspecified atom stereocenters. The van der Waals surface area contributed by atoms with E-state index in [0.29, 0.717) is 12.3 Å². The largest absolute Gasteiger partial charge is 0.493 e. The maximum Gasteiger partial charge on any atom is 0.328 e. The summed E-state index contributed by atoms with van der Waals surface area (Å²) in [6.07, 6.45) is 6.16. The molecule has 2 aromatic rings. The highest BCUT2D eigenvalue weighted by Gasteiger charge is 2.05. The van der Waals surface area contributed by atoms with Gasteiger partial charge in [0.05, 0.1) is 26.0 Å². The van der Waals surface area contributed by atoms with Crippen LogP contribution < -0.4 is 4.74 Å². The number of rotatable bonds is 5. The lowest BCUT2D eigenvalue weighted by Crippen LogP contribution is -1.99. The summed E-state index contributed by atoms with van der Waals surface area (Å²) in [5.41, 5.74) is 0.900. The molecule has 0 bridgehead atoms. The van der Waals surface area contributed by atoms with Crippen LogP contribution in [0.25, 0.3) is 6.08 Å². The summed E-state index contributed by atoms with van der Waals surface area (Å²) in [6.45, 7) is 0.598. The third kappa shape index (κ3) is 2.98. The molecule has 2 aromatic heterocycles. The Hall–Kier alpha value is -2.08. The Morgan fingerprint density at radius 1 is 1.67 bits per heavy atom. The minimum absolute atomic E-state index is 0.598. The van der Waals surface area contributed by atoms with Crippen molar-refractivity contribution in [3.63, 3.8) is 0 Å². The van der Waals surface area contributed by atoms with Crippen LogP contribution in [0.3, 0.4) is 0 Å². The second-order valence-corrected chi connectivity index (χ2v) is 4.55. The molecule has 0 saturated heterocycles. The van der Waals surface area contributed by atoms with Gasteiger partial charge in [0.2, 0.25) is 0 Å². The van der Waals surface area contributed by atoms with E-state index in [1.165, 1.54) is 0 Å². The molecule has 5 nitrogen and oxygen atoms in total. The predicted octanol–water partition coefficient (Wildman–Crippen LogP) is 2.10. The fraction of sp³-hybridized carbons (Fsp3) is 0.167. The first-order chi connectivity index (χ1) is 8.69. The molecule has 2 rings (SSSR count). The van der Waals surface area contributed by atoms with Gasteiger partial charge in [-0.15, -0.1) is 11.3 Å². The first kappa shape index (κ1) is 12.4. The summed E-state index contributed by atoms with van der Waals surface area (Å²) < 4.78 is 6.80. The molecule has 0 aliphatic carbocycles. The number of thiophene rings is 1. The highest BCUT2D eigenvalue weighted by molar-refractivity contribution is 7.10. The van der Waals surface area contributed by atoms with Gasteiger partial charge < -0.3 is 9.84 Å². The summed E-state index contributed by atoms with van der Waals surface area (Å²) in [4.78, 5) is 11.5. The Morgan fingerprint density at radius 2 is 2.50 bits per heavy atom. The van der Waals surface area contributed by atoms with Gasteiger partial charge in [-0.1, -0.05) is 0 Å². The molecule has 94 valence electrons. The van der Waals surface area contributed by atoms with Gasteiger partial charge in [-0.25, -0.2) is 4.79 Å². The smallest absolute Gasteiger partial charge is 0.328 e. The van der Waals surface area contributed by atoms with E-state index < -0.39 is 5.97 Å². The van der Waals surface area contributed by atoms with Gasteiger partial charge in [0.1, 0.15) is 0 Å². The molecular weight excluding hydrogens is 252 g/mol. The molecule has 0 atom stereocenters. The average molecular weight is 264 g/mol. The van der Waals surface area contributed by atoms with Gasteiger partial charge >= 0.3 is 5.97 Å². The van der Waals surface area contributed by atoms with Gasteiger partial charge in [0.15, 0.2) is 5.75 Å². The molecule has 2 heterocycles. The number of aromatic nitrogens is 2. The topological polar surface area (TPSA) is 64.4 Å². The zero-order valence-electron chi connectivity index (χ0n) is 9.74. The molecular formula is C12H12N2O3S. The highest BCUT2D eigenvalue weighted by Crippen LogP contribution is 2.20. The maximum atomic E-state index is 10.5. The number of hydrogen-bond donors (Lipinski definition) is 1. The number of carboxylic acid groups (broad SMARTS) is 1. The van der Waals surface area contributed by atoms with E-state index in [4.69, 9.17) is 9.84 Å². The fourth-order valence-corrected chi connectivity index (χ4v) is 2.33. The summed E-state index contributed by atoms with van der Waals surface area (Å²) in [5, 5.41) is 14.7. The third-order valence-corrected chi connectivity index (χ3v) is 3.26. The molecule has 0 saturated carbocycles. The third-order valence-electron chi connectivity index (χ3n) is 2.34. The van der Waals surface area contributed by atoms with Crippen LogP contribution in [0.1, 0.15) is 10.4 Å². The Bertz CT molecular complexity index is 571. The maximum absolute atomic E-state index is 10.5. The normalized spacial score (nSPS) is 10.9. The first-order valence-electron chi connectivity index (χ1n) is 5.23. The van der Waals surface area contributed by atoms with Crippen molar-refractivity contribution in [3.05, 3.63) is 40.4 Å². The van der Waals surface area contributed by atoms with E-state index in [-0.39, 0.29) is 0 Å². The average Bonchev–Trinajstić information content (AvgIpc) is 2.96. The van der Waals surface area contributed by atoms with Gasteiger partial charge in [0, 0.05) is 11.0 Å². The van der Waals surface area contributed by atoms with Crippen LogP contribution in [0.5, 0.6) is 5.75 Å². The molecule has 0 spiro atoms. The second kappa shape index (κ2) is 5.50. The van der Waals surface area contributed by atoms with E-state index in [1.807, 2.05) is 11.4 Å². The van der Waals surface area contributed by atoms with Crippen LogP contribution in [0.2, 0.25) is 0 Å².